The Morgan fingerprint density at radius 1 is 1.00 bits per heavy atom. The number of thiophene rings is 1. The fraction of sp³-hybridized carbons (Fsp3) is 0.348. The van der Waals surface area contributed by atoms with Crippen LogP contribution in [0.3, 0.4) is 0 Å². The average molecular weight is 501 g/mol. The number of thiazole rings is 1. The highest BCUT2D eigenvalue weighted by Gasteiger charge is 2.69. The molecule has 5 nitrogen and oxygen atoms in total. The topological polar surface area (TPSA) is 70.2 Å². The van der Waals surface area contributed by atoms with Gasteiger partial charge in [0.1, 0.15) is 0 Å². The summed E-state index contributed by atoms with van der Waals surface area (Å²) >= 11 is 10.8. The lowest BCUT2D eigenvalue weighted by Gasteiger charge is -2.42. The zero-order chi connectivity index (χ0) is 21.7. The van der Waals surface area contributed by atoms with Gasteiger partial charge >= 0.3 is 4.87 Å². The van der Waals surface area contributed by atoms with Crippen LogP contribution >= 0.6 is 46.0 Å². The van der Waals surface area contributed by atoms with Gasteiger partial charge in [-0.15, -0.1) is 23.1 Å². The third-order valence-electron chi connectivity index (χ3n) is 7.66. The number of nitrogens with one attached hydrogen (secondary N) is 1. The molecular formula is C23H17ClN2O3S3. The number of hydrogen-bond acceptors (Lipinski definition) is 6. The van der Waals surface area contributed by atoms with Gasteiger partial charge in [-0.2, -0.15) is 0 Å². The van der Waals surface area contributed by atoms with E-state index in [-0.39, 0.29) is 57.4 Å². The van der Waals surface area contributed by atoms with Crippen LogP contribution in [0.1, 0.15) is 22.1 Å². The van der Waals surface area contributed by atoms with Crippen molar-refractivity contribution in [3.63, 3.8) is 0 Å². The second-order valence-corrected chi connectivity index (χ2v) is 12.6. The highest BCUT2D eigenvalue weighted by atomic mass is 35.5. The van der Waals surface area contributed by atoms with E-state index in [2.05, 4.69) is 16.4 Å². The number of aromatic amines is 1. The molecule has 2 aliphatic carbocycles. The Morgan fingerprint density at radius 3 is 2.47 bits per heavy atom. The molecule has 2 aromatic heterocycles. The van der Waals surface area contributed by atoms with Crippen molar-refractivity contribution in [2.75, 3.05) is 4.90 Å². The Balaban J connectivity index is 1.32. The number of hydrogen-bond donors (Lipinski definition) is 1. The largest absolute Gasteiger partial charge is 0.307 e. The predicted octanol–water partition coefficient (Wildman–Crippen LogP) is 4.83. The van der Waals surface area contributed by atoms with Crippen molar-refractivity contribution in [2.45, 2.75) is 22.6 Å². The van der Waals surface area contributed by atoms with Crippen LogP contribution < -0.4 is 9.77 Å². The van der Waals surface area contributed by atoms with E-state index in [9.17, 15) is 14.4 Å². The van der Waals surface area contributed by atoms with Gasteiger partial charge in [0.15, 0.2) is 0 Å². The number of carbonyl (C=O) groups is 2. The number of rotatable bonds is 2. The molecule has 2 aliphatic heterocycles. The van der Waals surface area contributed by atoms with Crippen molar-refractivity contribution in [3.8, 4) is 0 Å². The molecule has 2 saturated carbocycles. The molecule has 9 heteroatoms. The van der Waals surface area contributed by atoms with Crippen LogP contribution in [0.25, 0.3) is 0 Å². The fourth-order valence-corrected chi connectivity index (χ4v) is 10.6. The molecule has 162 valence electrons. The zero-order valence-electron chi connectivity index (χ0n) is 16.6. The molecule has 2 bridgehead atoms. The first-order valence-corrected chi connectivity index (χ1v) is 13.5. The Kier molecular flexibility index (Phi) is 4.18. The standard InChI is InChI=1S/C23H17ClN2O3S3/c24-9-3-5-10(6-4-9)26-21(27)15-11-8-12(16(15)22(26)28)18-14(11)17(13-2-1-7-30-13)19-20(31-18)25-23(29)32-19/h1-7,11-12,14-18H,8H2,(H,25,29)/t11-,12+,14+,15+,16+,17-,18-/m0/s1. The molecule has 1 aromatic carbocycles. The molecule has 7 atom stereocenters. The number of benzene rings is 1. The Bertz CT molecular complexity index is 1310. The lowest BCUT2D eigenvalue weighted by atomic mass is 9.69. The lowest BCUT2D eigenvalue weighted by Crippen LogP contribution is -2.42. The first-order valence-electron chi connectivity index (χ1n) is 10.6. The number of anilines is 1. The van der Waals surface area contributed by atoms with Gasteiger partial charge in [-0.1, -0.05) is 29.0 Å². The van der Waals surface area contributed by atoms with Crippen molar-refractivity contribution in [2.24, 2.45) is 29.6 Å². The lowest BCUT2D eigenvalue weighted by molar-refractivity contribution is -0.123. The number of halogens is 1. The zero-order valence-corrected chi connectivity index (χ0v) is 19.8. The van der Waals surface area contributed by atoms with Gasteiger partial charge in [0, 0.05) is 25.9 Å². The van der Waals surface area contributed by atoms with Crippen LogP contribution in [0.2, 0.25) is 5.02 Å². The van der Waals surface area contributed by atoms with Gasteiger partial charge in [-0.05, 0) is 59.9 Å². The summed E-state index contributed by atoms with van der Waals surface area (Å²) in [6.07, 6.45) is 0.907. The number of imide groups is 1. The van der Waals surface area contributed by atoms with E-state index in [0.29, 0.717) is 10.7 Å². The van der Waals surface area contributed by atoms with Gasteiger partial charge in [0.2, 0.25) is 11.8 Å². The van der Waals surface area contributed by atoms with Crippen molar-refractivity contribution < 1.29 is 9.59 Å². The maximum absolute atomic E-state index is 13.6. The van der Waals surface area contributed by atoms with Crippen LogP contribution in [0.15, 0.2) is 51.6 Å². The monoisotopic (exact) mass is 500 g/mol. The number of amides is 2. The maximum atomic E-state index is 13.6. The van der Waals surface area contributed by atoms with E-state index in [1.165, 1.54) is 21.1 Å². The summed E-state index contributed by atoms with van der Waals surface area (Å²) in [5, 5.41) is 3.83. The summed E-state index contributed by atoms with van der Waals surface area (Å²) in [5.41, 5.74) is 0.604. The summed E-state index contributed by atoms with van der Waals surface area (Å²) in [4.78, 5) is 46.1. The average Bonchev–Trinajstić information content (AvgIpc) is 3.57. The summed E-state index contributed by atoms with van der Waals surface area (Å²) in [7, 11) is 0. The molecule has 3 aromatic rings. The normalized spacial score (nSPS) is 34.7. The van der Waals surface area contributed by atoms with Crippen LogP contribution in [0.4, 0.5) is 5.69 Å². The molecule has 0 unspecified atom stereocenters. The minimum absolute atomic E-state index is 0.0300. The summed E-state index contributed by atoms with van der Waals surface area (Å²) in [6, 6.07) is 11.1. The first-order chi connectivity index (χ1) is 15.5. The van der Waals surface area contributed by atoms with E-state index >= 15 is 0 Å². The summed E-state index contributed by atoms with van der Waals surface area (Å²) in [5.74, 6) is -0.0317. The fourth-order valence-electron chi connectivity index (χ4n) is 6.65. The molecule has 4 heterocycles. The Morgan fingerprint density at radius 2 is 1.75 bits per heavy atom. The minimum Gasteiger partial charge on any atom is -0.307 e. The third kappa shape index (κ3) is 2.49. The van der Waals surface area contributed by atoms with Crippen LogP contribution in [-0.4, -0.2) is 22.0 Å². The SMILES string of the molecule is O=C1[C@@H]2[C@H]3C[C@@H]([C@@H]4Sc5[nH]c(=O)sc5[C@@H](c5cccs5)[C@@H]34)[C@H]2C(=O)N1c1ccc(Cl)cc1. The predicted molar refractivity (Wildman–Crippen MR) is 127 cm³/mol. The number of nitrogens with zero attached hydrogens (tertiary/aromatic N) is 1. The molecule has 0 spiro atoms. The van der Waals surface area contributed by atoms with Gasteiger partial charge in [-0.25, -0.2) is 0 Å². The minimum atomic E-state index is -0.273. The number of aromatic nitrogens is 1. The summed E-state index contributed by atoms with van der Waals surface area (Å²) in [6.45, 7) is 0. The van der Waals surface area contributed by atoms with Crippen molar-refractivity contribution in [3.05, 3.63) is 66.2 Å². The molecule has 0 radical (unpaired) electrons. The highest BCUT2D eigenvalue weighted by molar-refractivity contribution is 8.00. The van der Waals surface area contributed by atoms with E-state index in [1.807, 2.05) is 6.07 Å². The van der Waals surface area contributed by atoms with E-state index in [4.69, 9.17) is 11.6 Å². The Hall–Kier alpha value is -1.87. The first kappa shape index (κ1) is 19.6. The molecule has 4 aliphatic rings. The molecular weight excluding hydrogens is 484 g/mol. The molecule has 7 rings (SSSR count). The van der Waals surface area contributed by atoms with Gasteiger partial charge in [0.25, 0.3) is 0 Å². The summed E-state index contributed by atoms with van der Waals surface area (Å²) < 4.78 is 0. The molecule has 1 N–H and O–H groups in total. The van der Waals surface area contributed by atoms with E-state index < -0.39 is 0 Å². The third-order valence-corrected chi connectivity index (χ3v) is 11.5. The van der Waals surface area contributed by atoms with Crippen LogP contribution in [-0.2, 0) is 9.59 Å². The van der Waals surface area contributed by atoms with Crippen molar-refractivity contribution in [1.82, 2.24) is 4.98 Å². The van der Waals surface area contributed by atoms with E-state index in [1.54, 1.807) is 47.4 Å². The van der Waals surface area contributed by atoms with Gasteiger partial charge in [0.05, 0.1) is 22.5 Å². The smallest absolute Gasteiger partial charge is 0.305 e. The number of thioether (sulfide) groups is 1. The molecule has 1 saturated heterocycles. The quantitative estimate of drug-likeness (QED) is 0.512. The number of H-pyrrole nitrogens is 1. The second-order valence-electron chi connectivity index (χ2n) is 8.96. The van der Waals surface area contributed by atoms with Gasteiger partial charge in [-0.3, -0.25) is 19.3 Å². The van der Waals surface area contributed by atoms with Crippen molar-refractivity contribution >= 4 is 63.5 Å². The number of fused-ring (bicyclic) bond motifs is 9. The molecule has 3 fully saturated rings. The Labute approximate surface area is 200 Å². The number of carbonyl (C=O) groups excluding carboxylic acids is 2. The van der Waals surface area contributed by atoms with Crippen LogP contribution in [0, 0.1) is 29.6 Å². The second kappa shape index (κ2) is 6.82. The maximum Gasteiger partial charge on any atom is 0.305 e. The molecule has 32 heavy (non-hydrogen) atoms. The van der Waals surface area contributed by atoms with E-state index in [0.717, 1.165) is 16.3 Å². The van der Waals surface area contributed by atoms with Crippen molar-refractivity contribution in [1.29, 1.82) is 0 Å². The molecule has 2 amide bonds. The van der Waals surface area contributed by atoms with Gasteiger partial charge < -0.3 is 4.98 Å². The van der Waals surface area contributed by atoms with Crippen LogP contribution in [0.5, 0.6) is 0 Å². The highest BCUT2D eigenvalue weighted by Crippen LogP contribution is 2.68.